The average Bonchev–Trinajstić information content (AvgIpc) is 2.41. The first-order valence-corrected chi connectivity index (χ1v) is 6.19. The van der Waals surface area contributed by atoms with Gasteiger partial charge in [-0.3, -0.25) is 0 Å². The Hall–Kier alpha value is -1.58. The van der Waals surface area contributed by atoms with E-state index in [1.807, 2.05) is 30.3 Å². The molecule has 0 bridgehead atoms. The number of aromatic nitrogens is 1. The third-order valence-electron chi connectivity index (χ3n) is 2.64. The highest BCUT2D eigenvalue weighted by molar-refractivity contribution is 6.32. The van der Waals surface area contributed by atoms with Gasteiger partial charge >= 0.3 is 0 Å². The molecule has 1 unspecified atom stereocenters. The predicted molar refractivity (Wildman–Crippen MR) is 73.9 cm³/mol. The summed E-state index contributed by atoms with van der Waals surface area (Å²) in [6.45, 7) is 0.0296. The summed E-state index contributed by atoms with van der Waals surface area (Å²) >= 11 is 6.02. The molecule has 0 saturated heterocycles. The van der Waals surface area contributed by atoms with Crippen LogP contribution in [0.5, 0.6) is 0 Å². The van der Waals surface area contributed by atoms with Crippen LogP contribution in [0.3, 0.4) is 0 Å². The van der Waals surface area contributed by atoms with Crippen molar-refractivity contribution in [3.8, 4) is 0 Å². The number of hydrogen-bond acceptors (Lipinski definition) is 3. The van der Waals surface area contributed by atoms with Crippen LogP contribution < -0.4 is 5.32 Å². The third-order valence-corrected chi connectivity index (χ3v) is 2.95. The Balaban J connectivity index is 2.04. The van der Waals surface area contributed by atoms with Crippen LogP contribution in [0.2, 0.25) is 5.02 Å². The Kier molecular flexibility index (Phi) is 4.56. The fourth-order valence-electron chi connectivity index (χ4n) is 1.75. The molecule has 2 rings (SSSR count). The summed E-state index contributed by atoms with van der Waals surface area (Å²) in [5.74, 6) is 0.606. The summed E-state index contributed by atoms with van der Waals surface area (Å²) in [4.78, 5) is 4.15. The maximum Gasteiger partial charge on any atom is 0.145 e. The molecule has 3 nitrogen and oxygen atoms in total. The number of rotatable bonds is 5. The summed E-state index contributed by atoms with van der Waals surface area (Å²) in [7, 11) is 0. The molecule has 0 amide bonds. The van der Waals surface area contributed by atoms with Gasteiger partial charge < -0.3 is 10.4 Å². The van der Waals surface area contributed by atoms with Gasteiger partial charge in [-0.05, 0) is 24.1 Å². The first-order chi connectivity index (χ1) is 8.79. The van der Waals surface area contributed by atoms with E-state index in [0.29, 0.717) is 10.8 Å². The number of halogens is 1. The molecule has 0 aliphatic heterocycles. The molecule has 1 aromatic carbocycles. The van der Waals surface area contributed by atoms with Gasteiger partial charge in [0.1, 0.15) is 5.82 Å². The van der Waals surface area contributed by atoms with Crippen LogP contribution in [-0.2, 0) is 6.42 Å². The molecule has 2 aromatic rings. The third kappa shape index (κ3) is 3.45. The normalized spacial score (nSPS) is 12.1. The van der Waals surface area contributed by atoms with Crippen LogP contribution in [0.4, 0.5) is 5.82 Å². The fourth-order valence-corrected chi connectivity index (χ4v) is 1.92. The van der Waals surface area contributed by atoms with Crippen molar-refractivity contribution in [2.45, 2.75) is 12.5 Å². The maximum absolute atomic E-state index is 9.41. The molecule has 0 radical (unpaired) electrons. The first kappa shape index (κ1) is 12.9. The van der Waals surface area contributed by atoms with E-state index in [2.05, 4.69) is 10.3 Å². The molecule has 0 saturated carbocycles. The number of nitrogens with zero attached hydrogens (tertiary/aromatic N) is 1. The highest BCUT2D eigenvalue weighted by Crippen LogP contribution is 2.19. The van der Waals surface area contributed by atoms with Crippen LogP contribution in [-0.4, -0.2) is 22.7 Å². The van der Waals surface area contributed by atoms with E-state index in [-0.39, 0.29) is 12.6 Å². The van der Waals surface area contributed by atoms with Crippen molar-refractivity contribution >= 4 is 17.4 Å². The van der Waals surface area contributed by atoms with Gasteiger partial charge in [0.25, 0.3) is 0 Å². The second-order valence-corrected chi connectivity index (χ2v) is 4.45. The van der Waals surface area contributed by atoms with Crippen molar-refractivity contribution in [2.24, 2.45) is 0 Å². The van der Waals surface area contributed by atoms with E-state index in [1.54, 1.807) is 18.3 Å². The lowest BCUT2D eigenvalue weighted by molar-refractivity contribution is 0.273. The van der Waals surface area contributed by atoms with Gasteiger partial charge in [0.2, 0.25) is 0 Å². The van der Waals surface area contributed by atoms with Gasteiger partial charge in [0.05, 0.1) is 17.7 Å². The van der Waals surface area contributed by atoms with Crippen LogP contribution in [0, 0.1) is 0 Å². The lowest BCUT2D eigenvalue weighted by atomic mass is 10.1. The second-order valence-electron chi connectivity index (χ2n) is 4.05. The zero-order valence-corrected chi connectivity index (χ0v) is 10.6. The summed E-state index contributed by atoms with van der Waals surface area (Å²) in [5.41, 5.74) is 1.16. The Morgan fingerprint density at radius 1 is 1.17 bits per heavy atom. The van der Waals surface area contributed by atoms with E-state index in [1.165, 1.54) is 0 Å². The second kappa shape index (κ2) is 6.38. The number of aliphatic hydroxyl groups excluding tert-OH is 1. The molecular weight excluding hydrogens is 248 g/mol. The monoisotopic (exact) mass is 262 g/mol. The minimum Gasteiger partial charge on any atom is -0.394 e. The molecule has 1 atom stereocenters. The van der Waals surface area contributed by atoms with Crippen molar-refractivity contribution in [2.75, 3.05) is 11.9 Å². The summed E-state index contributed by atoms with van der Waals surface area (Å²) in [6, 6.07) is 13.5. The van der Waals surface area contributed by atoms with Gasteiger partial charge in [-0.15, -0.1) is 0 Å². The molecule has 2 N–H and O–H groups in total. The topological polar surface area (TPSA) is 45.1 Å². The van der Waals surface area contributed by atoms with Gasteiger partial charge in [-0.25, -0.2) is 4.98 Å². The minimum absolute atomic E-state index is 0.0296. The van der Waals surface area contributed by atoms with Crippen LogP contribution in [0.25, 0.3) is 0 Å². The summed E-state index contributed by atoms with van der Waals surface area (Å²) in [5, 5.41) is 13.1. The summed E-state index contributed by atoms with van der Waals surface area (Å²) in [6.07, 6.45) is 2.40. The van der Waals surface area contributed by atoms with Crippen LogP contribution in [0.1, 0.15) is 5.56 Å². The molecule has 0 spiro atoms. The molecule has 18 heavy (non-hydrogen) atoms. The largest absolute Gasteiger partial charge is 0.394 e. The van der Waals surface area contributed by atoms with Gasteiger partial charge in [-0.1, -0.05) is 41.9 Å². The Morgan fingerprint density at radius 3 is 2.61 bits per heavy atom. The Morgan fingerprint density at radius 2 is 1.94 bits per heavy atom. The van der Waals surface area contributed by atoms with E-state index in [0.717, 1.165) is 12.0 Å². The number of benzene rings is 1. The fraction of sp³-hybridized carbons (Fsp3) is 0.214. The lowest BCUT2D eigenvalue weighted by Gasteiger charge is -2.17. The SMILES string of the molecule is OCC(Cc1ccccc1)Nc1ncccc1Cl. The molecule has 0 fully saturated rings. The number of aliphatic hydroxyl groups is 1. The molecule has 4 heteroatoms. The molecule has 0 aliphatic carbocycles. The molecular formula is C14H15ClN2O. The van der Waals surface area contributed by atoms with Crippen molar-refractivity contribution in [3.05, 3.63) is 59.2 Å². The van der Waals surface area contributed by atoms with Crippen molar-refractivity contribution < 1.29 is 5.11 Å². The van der Waals surface area contributed by atoms with E-state index < -0.39 is 0 Å². The predicted octanol–water partition coefficient (Wildman–Crippen LogP) is 2.75. The maximum atomic E-state index is 9.41. The summed E-state index contributed by atoms with van der Waals surface area (Å²) < 4.78 is 0. The van der Waals surface area contributed by atoms with Crippen molar-refractivity contribution in [1.82, 2.24) is 4.98 Å². The smallest absolute Gasteiger partial charge is 0.145 e. The highest BCUT2D eigenvalue weighted by Gasteiger charge is 2.10. The zero-order valence-electron chi connectivity index (χ0n) is 9.88. The van der Waals surface area contributed by atoms with E-state index in [9.17, 15) is 5.11 Å². The van der Waals surface area contributed by atoms with E-state index >= 15 is 0 Å². The van der Waals surface area contributed by atoms with Crippen molar-refractivity contribution in [3.63, 3.8) is 0 Å². The first-order valence-electron chi connectivity index (χ1n) is 5.81. The van der Waals surface area contributed by atoms with Gasteiger partial charge in [0, 0.05) is 6.20 Å². The van der Waals surface area contributed by atoms with Crippen molar-refractivity contribution in [1.29, 1.82) is 0 Å². The van der Waals surface area contributed by atoms with Crippen LogP contribution in [0.15, 0.2) is 48.7 Å². The lowest BCUT2D eigenvalue weighted by Crippen LogP contribution is -2.27. The van der Waals surface area contributed by atoms with Gasteiger partial charge in [-0.2, -0.15) is 0 Å². The molecule has 1 aromatic heterocycles. The number of anilines is 1. The quantitative estimate of drug-likeness (QED) is 0.871. The number of hydrogen-bond donors (Lipinski definition) is 2. The van der Waals surface area contributed by atoms with Gasteiger partial charge in [0.15, 0.2) is 0 Å². The highest BCUT2D eigenvalue weighted by atomic mass is 35.5. The number of pyridine rings is 1. The standard InChI is InChI=1S/C14H15ClN2O/c15-13-7-4-8-16-14(13)17-12(10-18)9-11-5-2-1-3-6-11/h1-8,12,18H,9-10H2,(H,16,17). The molecule has 1 heterocycles. The molecule has 94 valence electrons. The Bertz CT molecular complexity index is 490. The van der Waals surface area contributed by atoms with E-state index in [4.69, 9.17) is 11.6 Å². The average molecular weight is 263 g/mol. The molecule has 0 aliphatic rings. The minimum atomic E-state index is -0.0974. The number of nitrogens with one attached hydrogen (secondary N) is 1. The van der Waals surface area contributed by atoms with Crippen LogP contribution >= 0.6 is 11.6 Å². The Labute approximate surface area is 111 Å². The zero-order chi connectivity index (χ0) is 12.8.